The average molecular weight is 257 g/mol. The van der Waals surface area contributed by atoms with Crippen molar-refractivity contribution in [1.29, 1.82) is 0 Å². The molecule has 90 valence electrons. The molecule has 0 bridgehead atoms. The van der Waals surface area contributed by atoms with Crippen LogP contribution in [0.3, 0.4) is 0 Å². The van der Waals surface area contributed by atoms with E-state index in [1.54, 1.807) is 0 Å². The Labute approximate surface area is 102 Å². The largest absolute Gasteiger partial charge is 0.504 e. The summed E-state index contributed by atoms with van der Waals surface area (Å²) in [6.45, 7) is 1.82. The van der Waals surface area contributed by atoms with Crippen molar-refractivity contribution in [2.45, 2.75) is 13.3 Å². The van der Waals surface area contributed by atoms with Gasteiger partial charge in [0, 0.05) is 17.9 Å². The number of benzene rings is 1. The molecule has 6 heteroatoms. The van der Waals surface area contributed by atoms with Gasteiger partial charge in [0.1, 0.15) is 0 Å². The van der Waals surface area contributed by atoms with Gasteiger partial charge in [0.2, 0.25) is 5.91 Å². The molecule has 1 aromatic rings. The highest BCUT2D eigenvalue weighted by Crippen LogP contribution is 2.29. The lowest BCUT2D eigenvalue weighted by atomic mass is 9.94. The zero-order valence-electron chi connectivity index (χ0n) is 9.00. The summed E-state index contributed by atoms with van der Waals surface area (Å²) in [6, 6.07) is 2.57. The van der Waals surface area contributed by atoms with Crippen molar-refractivity contribution in [3.63, 3.8) is 0 Å². The number of carbonyl (C=O) groups is 1. The van der Waals surface area contributed by atoms with E-state index in [9.17, 15) is 14.3 Å². The molecule has 1 atom stereocenters. The highest BCUT2D eigenvalue weighted by Gasteiger charge is 2.23. The fourth-order valence-electron chi connectivity index (χ4n) is 1.72. The molecule has 1 unspecified atom stereocenters. The van der Waals surface area contributed by atoms with Crippen LogP contribution in [-0.2, 0) is 4.79 Å². The first-order valence-corrected chi connectivity index (χ1v) is 5.41. The smallest absolute Gasteiger partial charge is 0.240 e. The number of halogens is 2. The summed E-state index contributed by atoms with van der Waals surface area (Å²) in [7, 11) is 0. The molecule has 2 N–H and O–H groups in total. The summed E-state index contributed by atoms with van der Waals surface area (Å²) in [4.78, 5) is 11.1. The van der Waals surface area contributed by atoms with Gasteiger partial charge in [-0.25, -0.2) is 9.82 Å². The monoisotopic (exact) mass is 256 g/mol. The van der Waals surface area contributed by atoms with Crippen molar-refractivity contribution in [1.82, 2.24) is 5.43 Å². The lowest BCUT2D eigenvalue weighted by Crippen LogP contribution is -2.32. The molecular weight excluding hydrogens is 247 g/mol. The first-order chi connectivity index (χ1) is 7.99. The molecule has 0 radical (unpaired) electrons. The van der Waals surface area contributed by atoms with Gasteiger partial charge in [0.25, 0.3) is 0 Å². The number of hydrogen-bond acceptors (Lipinski definition) is 3. The normalized spacial score (nSPS) is 19.8. The van der Waals surface area contributed by atoms with E-state index in [1.807, 2.05) is 6.92 Å². The van der Waals surface area contributed by atoms with Crippen LogP contribution >= 0.6 is 11.6 Å². The minimum Gasteiger partial charge on any atom is -0.504 e. The van der Waals surface area contributed by atoms with E-state index in [-0.39, 0.29) is 16.8 Å². The highest BCUT2D eigenvalue weighted by molar-refractivity contribution is 6.32. The van der Waals surface area contributed by atoms with Crippen LogP contribution in [0.15, 0.2) is 17.2 Å². The number of phenolic OH excluding ortho intramolecular Hbond substituents is 1. The van der Waals surface area contributed by atoms with Gasteiger partial charge >= 0.3 is 0 Å². The van der Waals surface area contributed by atoms with E-state index in [0.29, 0.717) is 17.7 Å². The van der Waals surface area contributed by atoms with Crippen molar-refractivity contribution in [3.05, 3.63) is 28.5 Å². The summed E-state index contributed by atoms with van der Waals surface area (Å²) in [6.07, 6.45) is 0.291. The molecular formula is C11H10ClFN2O2. The van der Waals surface area contributed by atoms with Crippen LogP contribution in [0.2, 0.25) is 5.02 Å². The van der Waals surface area contributed by atoms with E-state index in [4.69, 9.17) is 11.6 Å². The van der Waals surface area contributed by atoms with Gasteiger partial charge < -0.3 is 5.11 Å². The molecule has 0 fully saturated rings. The minimum atomic E-state index is -0.806. The predicted molar refractivity (Wildman–Crippen MR) is 61.5 cm³/mol. The zero-order valence-corrected chi connectivity index (χ0v) is 9.75. The Hall–Kier alpha value is -1.62. The van der Waals surface area contributed by atoms with Crippen LogP contribution in [0, 0.1) is 11.7 Å². The maximum absolute atomic E-state index is 13.3. The SMILES string of the molecule is CC1CC(=O)NN=C1c1cc(F)c(O)c(Cl)c1. The van der Waals surface area contributed by atoms with E-state index < -0.39 is 11.6 Å². The second-order valence-electron chi connectivity index (χ2n) is 3.93. The van der Waals surface area contributed by atoms with Gasteiger partial charge in [-0.3, -0.25) is 4.79 Å². The number of hydrogen-bond donors (Lipinski definition) is 2. The Bertz CT molecular complexity index is 493. The zero-order chi connectivity index (χ0) is 12.6. The standard InChI is InChI=1S/C11H10ClFN2O2/c1-5-2-9(16)14-15-10(5)6-3-7(12)11(17)8(13)4-6/h3-5,17H,2H2,1H3,(H,14,16). The first-order valence-electron chi connectivity index (χ1n) is 5.04. The number of hydrazone groups is 1. The van der Waals surface area contributed by atoms with Crippen LogP contribution in [0.4, 0.5) is 4.39 Å². The highest BCUT2D eigenvalue weighted by atomic mass is 35.5. The molecule has 4 nitrogen and oxygen atoms in total. The van der Waals surface area contributed by atoms with Crippen molar-refractivity contribution in [3.8, 4) is 5.75 Å². The number of aromatic hydroxyl groups is 1. The number of nitrogens with zero attached hydrogens (tertiary/aromatic N) is 1. The van der Waals surface area contributed by atoms with Gasteiger partial charge in [-0.2, -0.15) is 5.10 Å². The molecule has 1 aliphatic rings. The Morgan fingerprint density at radius 1 is 1.59 bits per heavy atom. The van der Waals surface area contributed by atoms with Crippen LogP contribution in [-0.4, -0.2) is 16.7 Å². The summed E-state index contributed by atoms with van der Waals surface area (Å²) in [5.41, 5.74) is 3.34. The predicted octanol–water partition coefficient (Wildman–Crippen LogP) is 2.04. The molecule has 0 saturated heterocycles. The van der Waals surface area contributed by atoms with Gasteiger partial charge in [-0.1, -0.05) is 18.5 Å². The number of rotatable bonds is 1. The lowest BCUT2D eigenvalue weighted by molar-refractivity contribution is -0.121. The molecule has 1 aromatic carbocycles. The van der Waals surface area contributed by atoms with Crippen LogP contribution in [0.1, 0.15) is 18.9 Å². The van der Waals surface area contributed by atoms with Gasteiger partial charge in [0.05, 0.1) is 10.7 Å². The molecule has 1 heterocycles. The Balaban J connectivity index is 2.44. The summed E-state index contributed by atoms with van der Waals surface area (Å²) in [5.74, 6) is -1.68. The molecule has 0 aliphatic carbocycles. The van der Waals surface area contributed by atoms with Crippen molar-refractivity contribution in [2.75, 3.05) is 0 Å². The summed E-state index contributed by atoms with van der Waals surface area (Å²) < 4.78 is 13.3. The number of nitrogens with one attached hydrogen (secondary N) is 1. The van der Waals surface area contributed by atoms with Crippen molar-refractivity contribution in [2.24, 2.45) is 11.0 Å². The average Bonchev–Trinajstić information content (AvgIpc) is 2.25. The molecule has 0 spiro atoms. The minimum absolute atomic E-state index is 0.0770. The van der Waals surface area contributed by atoms with Gasteiger partial charge in [-0.05, 0) is 12.1 Å². The fourth-order valence-corrected chi connectivity index (χ4v) is 1.92. The maximum Gasteiger partial charge on any atom is 0.240 e. The number of phenols is 1. The molecule has 0 aromatic heterocycles. The third-order valence-electron chi connectivity index (χ3n) is 2.57. The second-order valence-corrected chi connectivity index (χ2v) is 4.33. The maximum atomic E-state index is 13.3. The Kier molecular flexibility index (Phi) is 3.02. The first kappa shape index (κ1) is 11.9. The quantitative estimate of drug-likeness (QED) is 0.808. The van der Waals surface area contributed by atoms with Crippen LogP contribution in [0.25, 0.3) is 0 Å². The topological polar surface area (TPSA) is 61.7 Å². The van der Waals surface area contributed by atoms with E-state index >= 15 is 0 Å². The van der Waals surface area contributed by atoms with E-state index in [0.717, 1.165) is 6.07 Å². The Morgan fingerprint density at radius 3 is 2.88 bits per heavy atom. The van der Waals surface area contributed by atoms with E-state index in [1.165, 1.54) is 6.07 Å². The van der Waals surface area contributed by atoms with E-state index in [2.05, 4.69) is 10.5 Å². The molecule has 1 amide bonds. The fraction of sp³-hybridized carbons (Fsp3) is 0.273. The second kappa shape index (κ2) is 4.33. The molecule has 1 aliphatic heterocycles. The van der Waals surface area contributed by atoms with Gasteiger partial charge in [0.15, 0.2) is 11.6 Å². The molecule has 17 heavy (non-hydrogen) atoms. The Morgan fingerprint density at radius 2 is 2.29 bits per heavy atom. The van der Waals surface area contributed by atoms with Crippen LogP contribution in [0.5, 0.6) is 5.75 Å². The third kappa shape index (κ3) is 2.24. The third-order valence-corrected chi connectivity index (χ3v) is 2.86. The summed E-state index contributed by atoms with van der Waals surface area (Å²) >= 11 is 5.68. The number of amides is 1. The van der Waals surface area contributed by atoms with Crippen LogP contribution < -0.4 is 5.43 Å². The molecule has 2 rings (SSSR count). The lowest BCUT2D eigenvalue weighted by Gasteiger charge is -2.19. The van der Waals surface area contributed by atoms with Crippen molar-refractivity contribution < 1.29 is 14.3 Å². The van der Waals surface area contributed by atoms with Crippen molar-refractivity contribution >= 4 is 23.2 Å². The number of carbonyl (C=O) groups excluding carboxylic acids is 1. The molecule has 0 saturated carbocycles. The van der Waals surface area contributed by atoms with Gasteiger partial charge in [-0.15, -0.1) is 0 Å². The summed E-state index contributed by atoms with van der Waals surface area (Å²) in [5, 5.41) is 13.0.